The third kappa shape index (κ3) is 2.22. The minimum atomic E-state index is 0.478. The van der Waals surface area contributed by atoms with Crippen molar-refractivity contribution >= 4 is 0 Å². The molecule has 0 aliphatic heterocycles. The third-order valence-electron chi connectivity index (χ3n) is 1.67. The van der Waals surface area contributed by atoms with Crippen molar-refractivity contribution in [3.8, 4) is 5.75 Å². The van der Waals surface area contributed by atoms with Crippen molar-refractivity contribution in [2.24, 2.45) is 5.90 Å². The maximum Gasteiger partial charge on any atom is 0.167 e. The van der Waals surface area contributed by atoms with Crippen LogP contribution in [0.3, 0.4) is 0 Å². The molecule has 0 atom stereocenters. The topological polar surface area (TPSA) is 44.5 Å². The van der Waals surface area contributed by atoms with Crippen LogP contribution in [0.5, 0.6) is 5.75 Å². The fraction of sp³-hybridized carbons (Fsp3) is 0.333. The van der Waals surface area contributed by atoms with Gasteiger partial charge in [-0.25, -0.2) is 0 Å². The van der Waals surface area contributed by atoms with E-state index in [0.29, 0.717) is 11.7 Å². The molecular formula is C9H13NO2. The molecule has 2 N–H and O–H groups in total. The van der Waals surface area contributed by atoms with Crippen molar-refractivity contribution in [2.45, 2.75) is 19.8 Å². The fourth-order valence-electron chi connectivity index (χ4n) is 0.981. The maximum atomic E-state index is 4.76. The van der Waals surface area contributed by atoms with E-state index in [1.165, 1.54) is 5.56 Å². The molecule has 0 saturated heterocycles. The fourth-order valence-corrected chi connectivity index (χ4v) is 0.981. The lowest BCUT2D eigenvalue weighted by Gasteiger charge is -2.06. The first-order valence-electron chi connectivity index (χ1n) is 3.87. The maximum absolute atomic E-state index is 4.76. The minimum absolute atomic E-state index is 0.478. The Labute approximate surface area is 72.0 Å². The molecular weight excluding hydrogens is 154 g/mol. The second-order valence-electron chi connectivity index (χ2n) is 2.91. The van der Waals surface area contributed by atoms with Gasteiger partial charge < -0.3 is 4.89 Å². The first-order chi connectivity index (χ1) is 5.74. The van der Waals surface area contributed by atoms with Gasteiger partial charge in [0.2, 0.25) is 0 Å². The largest absolute Gasteiger partial charge is 0.320 e. The first-order valence-corrected chi connectivity index (χ1v) is 3.87. The molecule has 0 bridgehead atoms. The van der Waals surface area contributed by atoms with Crippen molar-refractivity contribution in [1.82, 2.24) is 0 Å². The molecule has 0 radical (unpaired) electrons. The number of nitrogens with two attached hydrogens (primary N) is 1. The minimum Gasteiger partial charge on any atom is -0.320 e. The summed E-state index contributed by atoms with van der Waals surface area (Å²) in [5.74, 6) is 5.87. The van der Waals surface area contributed by atoms with Crippen LogP contribution in [0.25, 0.3) is 0 Å². The van der Waals surface area contributed by atoms with Crippen LogP contribution in [0.1, 0.15) is 25.3 Å². The second-order valence-corrected chi connectivity index (χ2v) is 2.91. The van der Waals surface area contributed by atoms with Gasteiger partial charge in [-0.1, -0.05) is 31.0 Å². The van der Waals surface area contributed by atoms with Crippen LogP contribution in [0.2, 0.25) is 0 Å². The van der Waals surface area contributed by atoms with Crippen molar-refractivity contribution in [3.63, 3.8) is 0 Å². The van der Waals surface area contributed by atoms with Gasteiger partial charge >= 0.3 is 0 Å². The van der Waals surface area contributed by atoms with Crippen molar-refractivity contribution < 1.29 is 9.88 Å². The second kappa shape index (κ2) is 4.09. The van der Waals surface area contributed by atoms with E-state index in [2.05, 4.69) is 23.7 Å². The van der Waals surface area contributed by atoms with Crippen molar-refractivity contribution in [1.29, 1.82) is 0 Å². The predicted octanol–water partition coefficient (Wildman–Crippen LogP) is 1.99. The smallest absolute Gasteiger partial charge is 0.167 e. The Morgan fingerprint density at radius 1 is 1.33 bits per heavy atom. The Morgan fingerprint density at radius 3 is 2.67 bits per heavy atom. The lowest BCUT2D eigenvalue weighted by molar-refractivity contribution is -0.211. The average molecular weight is 167 g/mol. The van der Waals surface area contributed by atoms with Crippen LogP contribution in [0.15, 0.2) is 24.3 Å². The van der Waals surface area contributed by atoms with E-state index < -0.39 is 0 Å². The number of hydrogen-bond donors (Lipinski definition) is 1. The molecule has 12 heavy (non-hydrogen) atoms. The summed E-state index contributed by atoms with van der Waals surface area (Å²) < 4.78 is 0. The van der Waals surface area contributed by atoms with Gasteiger partial charge in [-0.15, -0.1) is 0 Å². The van der Waals surface area contributed by atoms with E-state index in [0.717, 1.165) is 0 Å². The molecule has 0 spiro atoms. The van der Waals surface area contributed by atoms with Crippen molar-refractivity contribution in [2.75, 3.05) is 0 Å². The van der Waals surface area contributed by atoms with Crippen LogP contribution in [-0.2, 0) is 4.99 Å². The van der Waals surface area contributed by atoms with Crippen LogP contribution in [0.4, 0.5) is 0 Å². The number of hydrogen-bond acceptors (Lipinski definition) is 3. The molecule has 0 aromatic heterocycles. The van der Waals surface area contributed by atoms with Gasteiger partial charge in [0.25, 0.3) is 0 Å². The number of rotatable bonds is 3. The van der Waals surface area contributed by atoms with E-state index in [9.17, 15) is 0 Å². The van der Waals surface area contributed by atoms with E-state index in [1.807, 2.05) is 18.2 Å². The molecule has 0 fully saturated rings. The molecule has 0 amide bonds. The summed E-state index contributed by atoms with van der Waals surface area (Å²) in [6.07, 6.45) is 0. The van der Waals surface area contributed by atoms with Gasteiger partial charge in [-0.2, -0.15) is 5.90 Å². The molecule has 0 heterocycles. The monoisotopic (exact) mass is 167 g/mol. The Bertz CT molecular complexity index is 248. The molecule has 1 rings (SSSR count). The summed E-state index contributed by atoms with van der Waals surface area (Å²) in [5, 5.41) is 0. The zero-order valence-electron chi connectivity index (χ0n) is 7.28. The third-order valence-corrected chi connectivity index (χ3v) is 1.67. The summed E-state index contributed by atoms with van der Waals surface area (Å²) in [4.78, 5) is 8.74. The van der Waals surface area contributed by atoms with Gasteiger partial charge in [-0.3, -0.25) is 0 Å². The normalized spacial score (nSPS) is 10.3. The average Bonchev–Trinajstić information content (AvgIpc) is 2.05. The molecule has 3 nitrogen and oxygen atoms in total. The van der Waals surface area contributed by atoms with Gasteiger partial charge in [0.1, 0.15) is 0 Å². The molecule has 1 aromatic rings. The standard InChI is InChI=1S/C9H13NO2/c1-7(2)8-4-3-5-9(6-8)11-12-10/h3-7H,10H2,1-2H3. The molecule has 3 heteroatoms. The van der Waals surface area contributed by atoms with E-state index >= 15 is 0 Å². The highest BCUT2D eigenvalue weighted by Crippen LogP contribution is 2.19. The molecule has 0 aliphatic carbocycles. The lowest BCUT2D eigenvalue weighted by Crippen LogP contribution is -2.03. The van der Waals surface area contributed by atoms with E-state index in [1.54, 1.807) is 6.07 Å². The first kappa shape index (κ1) is 9.03. The van der Waals surface area contributed by atoms with Gasteiger partial charge in [0, 0.05) is 0 Å². The van der Waals surface area contributed by atoms with Crippen molar-refractivity contribution in [3.05, 3.63) is 29.8 Å². The quantitative estimate of drug-likeness (QED) is 0.553. The zero-order chi connectivity index (χ0) is 8.97. The highest BCUT2D eigenvalue weighted by Gasteiger charge is 2.00. The predicted molar refractivity (Wildman–Crippen MR) is 46.4 cm³/mol. The van der Waals surface area contributed by atoms with Gasteiger partial charge in [0.05, 0.1) is 0 Å². The van der Waals surface area contributed by atoms with Crippen LogP contribution in [0, 0.1) is 0 Å². The Hall–Kier alpha value is -1.06. The molecule has 0 saturated carbocycles. The summed E-state index contributed by atoms with van der Waals surface area (Å²) in [6, 6.07) is 7.63. The molecule has 1 aromatic carbocycles. The van der Waals surface area contributed by atoms with E-state index in [-0.39, 0.29) is 0 Å². The molecule has 66 valence electrons. The van der Waals surface area contributed by atoms with Crippen LogP contribution < -0.4 is 10.8 Å². The van der Waals surface area contributed by atoms with Crippen LogP contribution >= 0.6 is 0 Å². The summed E-state index contributed by atoms with van der Waals surface area (Å²) in [6.45, 7) is 4.23. The molecule has 0 unspecified atom stereocenters. The highest BCUT2D eigenvalue weighted by molar-refractivity contribution is 5.29. The number of benzene rings is 1. The SMILES string of the molecule is CC(C)c1cccc(OON)c1. The lowest BCUT2D eigenvalue weighted by atomic mass is 10.0. The van der Waals surface area contributed by atoms with Gasteiger partial charge in [-0.05, 0) is 23.6 Å². The van der Waals surface area contributed by atoms with E-state index in [4.69, 9.17) is 5.90 Å². The Balaban J connectivity index is 2.81. The van der Waals surface area contributed by atoms with Crippen LogP contribution in [-0.4, -0.2) is 0 Å². The Kier molecular flexibility index (Phi) is 3.08. The summed E-state index contributed by atoms with van der Waals surface area (Å²) in [5.41, 5.74) is 1.20. The summed E-state index contributed by atoms with van der Waals surface area (Å²) >= 11 is 0. The highest BCUT2D eigenvalue weighted by atomic mass is 17.3. The molecule has 0 aliphatic rings. The zero-order valence-corrected chi connectivity index (χ0v) is 7.28. The van der Waals surface area contributed by atoms with Gasteiger partial charge in [0.15, 0.2) is 5.75 Å². The summed E-state index contributed by atoms with van der Waals surface area (Å²) in [7, 11) is 0. The Morgan fingerprint density at radius 2 is 2.08 bits per heavy atom.